The molecule has 1 aliphatic carbocycles. The second kappa shape index (κ2) is 7.41. The maximum Gasteiger partial charge on any atom is 0.250 e. The molecular formula is C20H21N7OS+. The number of nitrogens with zero attached hydrogens (tertiary/aromatic N) is 4. The summed E-state index contributed by atoms with van der Waals surface area (Å²) in [6.07, 6.45) is 7.75. The van der Waals surface area contributed by atoms with Crippen LogP contribution in [0.15, 0.2) is 63.3 Å². The number of aliphatic imine (C=N–C) groups is 1. The number of nitrogens with one attached hydrogen (secondary N) is 3. The van der Waals surface area contributed by atoms with E-state index in [-0.39, 0.29) is 11.8 Å². The third-order valence-corrected chi connectivity index (χ3v) is 5.83. The lowest BCUT2D eigenvalue weighted by atomic mass is 10.3. The molecule has 147 valence electrons. The Balaban J connectivity index is 1.30. The molecule has 2 aromatic rings. The van der Waals surface area contributed by atoms with E-state index >= 15 is 0 Å². The Kier molecular flexibility index (Phi) is 4.61. The van der Waals surface area contributed by atoms with Gasteiger partial charge in [-0.25, -0.2) is 4.99 Å². The van der Waals surface area contributed by atoms with Crippen LogP contribution in [0.5, 0.6) is 0 Å². The van der Waals surface area contributed by atoms with E-state index in [9.17, 15) is 4.79 Å². The highest BCUT2D eigenvalue weighted by molar-refractivity contribution is 8.03. The third-order valence-electron chi connectivity index (χ3n) is 4.81. The van der Waals surface area contributed by atoms with Crippen LogP contribution < -0.4 is 15.6 Å². The van der Waals surface area contributed by atoms with Crippen molar-refractivity contribution in [3.8, 4) is 0 Å². The normalized spacial score (nSPS) is 18.3. The number of thioether (sulfide) groups is 1. The smallest absolute Gasteiger partial charge is 0.250 e. The Hall–Kier alpha value is -3.04. The van der Waals surface area contributed by atoms with Crippen molar-refractivity contribution >= 4 is 35.5 Å². The van der Waals surface area contributed by atoms with E-state index in [1.54, 1.807) is 11.8 Å². The van der Waals surface area contributed by atoms with Crippen LogP contribution in [0.4, 0.5) is 11.5 Å². The first-order valence-electron chi connectivity index (χ1n) is 9.51. The van der Waals surface area contributed by atoms with Crippen LogP contribution >= 0.6 is 11.8 Å². The number of fused-ring (bicyclic) bond motifs is 1. The van der Waals surface area contributed by atoms with E-state index < -0.39 is 0 Å². The first-order valence-corrected chi connectivity index (χ1v) is 10.3. The molecule has 1 saturated carbocycles. The fourth-order valence-corrected chi connectivity index (χ4v) is 4.10. The largest absolute Gasteiger partial charge is 0.326 e. The Labute approximate surface area is 172 Å². The molecule has 1 amide bonds. The summed E-state index contributed by atoms with van der Waals surface area (Å²) in [5.41, 5.74) is 6.23. The molecule has 1 aromatic heterocycles. The van der Waals surface area contributed by atoms with Crippen LogP contribution in [0, 0.1) is 12.8 Å². The highest BCUT2D eigenvalue weighted by Crippen LogP contribution is 2.35. The van der Waals surface area contributed by atoms with Gasteiger partial charge in [0.2, 0.25) is 16.6 Å². The number of aromatic nitrogens is 2. The van der Waals surface area contributed by atoms with Gasteiger partial charge < -0.3 is 5.32 Å². The molecule has 3 aliphatic rings. The second-order valence-corrected chi connectivity index (χ2v) is 8.38. The number of hydrogen-bond donors (Lipinski definition) is 3. The Morgan fingerprint density at radius 1 is 1.31 bits per heavy atom. The van der Waals surface area contributed by atoms with E-state index in [1.165, 1.54) is 0 Å². The summed E-state index contributed by atoms with van der Waals surface area (Å²) in [5.74, 6) is 1.10. The number of rotatable bonds is 6. The van der Waals surface area contributed by atoms with Crippen molar-refractivity contribution in [3.63, 3.8) is 0 Å². The highest BCUT2D eigenvalue weighted by atomic mass is 32.2. The maximum atomic E-state index is 11.9. The van der Waals surface area contributed by atoms with Crippen LogP contribution in [-0.2, 0) is 4.79 Å². The summed E-state index contributed by atoms with van der Waals surface area (Å²) >= 11 is 1.64. The number of amides is 1. The van der Waals surface area contributed by atoms with Gasteiger partial charge in [0.15, 0.2) is 5.82 Å². The lowest BCUT2D eigenvalue weighted by molar-refractivity contribution is -0.117. The average molecular weight is 408 g/mol. The van der Waals surface area contributed by atoms with Crippen molar-refractivity contribution in [2.24, 2.45) is 10.9 Å². The van der Waals surface area contributed by atoms with Crippen LogP contribution in [0.25, 0.3) is 0 Å². The van der Waals surface area contributed by atoms with E-state index in [2.05, 4.69) is 30.8 Å². The van der Waals surface area contributed by atoms with Gasteiger partial charge in [-0.15, -0.1) is 0 Å². The zero-order chi connectivity index (χ0) is 19.8. The number of H-pyrrole nitrogens is 1. The zero-order valence-corrected chi connectivity index (χ0v) is 16.7. The van der Waals surface area contributed by atoms with Gasteiger partial charge in [0.25, 0.3) is 6.34 Å². The number of anilines is 2. The van der Waals surface area contributed by atoms with Gasteiger partial charge in [0, 0.05) is 28.3 Å². The van der Waals surface area contributed by atoms with E-state index in [4.69, 9.17) is 0 Å². The fourth-order valence-electron chi connectivity index (χ4n) is 3.14. The molecule has 0 saturated heterocycles. The molecule has 5 rings (SSSR count). The van der Waals surface area contributed by atoms with Crippen molar-refractivity contribution < 1.29 is 4.79 Å². The molecule has 0 bridgehead atoms. The van der Waals surface area contributed by atoms with Crippen LogP contribution in [0.3, 0.4) is 0 Å². The number of aryl methyl sites for hydroxylation is 1. The summed E-state index contributed by atoms with van der Waals surface area (Å²) in [6.45, 7) is 2.65. The number of hydrogen-bond acceptors (Lipinski definition) is 7. The molecule has 8 nitrogen and oxygen atoms in total. The Morgan fingerprint density at radius 2 is 2.14 bits per heavy atom. The monoisotopic (exact) mass is 407 g/mol. The predicted octanol–water partition coefficient (Wildman–Crippen LogP) is 3.32. The Bertz CT molecular complexity index is 1020. The lowest BCUT2D eigenvalue weighted by Gasteiger charge is -2.25. The first kappa shape index (κ1) is 18.0. The minimum Gasteiger partial charge on any atom is -0.326 e. The quantitative estimate of drug-likeness (QED) is 0.639. The summed E-state index contributed by atoms with van der Waals surface area (Å²) in [5, 5.41) is 13.2. The molecule has 9 heteroatoms. The lowest BCUT2D eigenvalue weighted by Crippen LogP contribution is -2.39. The van der Waals surface area contributed by atoms with Crippen molar-refractivity contribution in [2.75, 3.05) is 17.3 Å². The van der Waals surface area contributed by atoms with Gasteiger partial charge in [-0.1, -0.05) is 0 Å². The summed E-state index contributed by atoms with van der Waals surface area (Å²) in [6, 6.07) is 9.90. The maximum absolute atomic E-state index is 11.9. The van der Waals surface area contributed by atoms with Crippen molar-refractivity contribution in [1.82, 2.24) is 20.1 Å². The number of aromatic amines is 1. The van der Waals surface area contributed by atoms with Crippen LogP contribution in [-0.4, -0.2) is 34.0 Å². The second-order valence-electron chi connectivity index (χ2n) is 7.29. The molecule has 1 fully saturated rings. The molecule has 0 atom stereocenters. The average Bonchev–Trinajstić information content (AvgIpc) is 3.32. The van der Waals surface area contributed by atoms with Crippen LogP contribution in [0.2, 0.25) is 0 Å². The molecule has 3 N–H and O–H groups in total. The van der Waals surface area contributed by atoms with Gasteiger partial charge in [-0.2, -0.15) is 5.10 Å². The number of benzene rings is 1. The van der Waals surface area contributed by atoms with Crippen LogP contribution in [0.1, 0.15) is 18.5 Å². The third kappa shape index (κ3) is 4.06. The molecule has 0 unspecified atom stereocenters. The van der Waals surface area contributed by atoms with Crippen molar-refractivity contribution in [2.45, 2.75) is 24.7 Å². The first-order chi connectivity index (χ1) is 14.1. The van der Waals surface area contributed by atoms with Gasteiger partial charge in [-0.05, 0) is 60.7 Å². The number of hydrazine groups is 1. The van der Waals surface area contributed by atoms with E-state index in [1.807, 2.05) is 61.0 Å². The standard InChI is InChI=1S/C20H21N7OS/c1-13-8-18(24-23-13)25-26-10-16-9-21-12-27(16)19(11-26)29-17-6-4-15(5-7-17)22-20(28)14-2-3-14/h4-9,11-12,14H,2-3,10H2,1H3,(H,22,28)(H2,23,24,25)/q+1. The topological polar surface area (TPSA) is 91.3 Å². The van der Waals surface area contributed by atoms with Gasteiger partial charge >= 0.3 is 0 Å². The number of carbonyl (C=O) groups is 1. The molecule has 1 radical (unpaired) electrons. The minimum absolute atomic E-state index is 0.124. The predicted molar refractivity (Wildman–Crippen MR) is 114 cm³/mol. The number of carbonyl (C=O) groups excluding carboxylic acids is 1. The SMILES string of the molecule is Cc1cc(NN2C=C(Sc3ccc(NC(=O)C4CC4)cc3)[N+]3C=NC=C3C2)n[nH]1. The Morgan fingerprint density at radius 3 is 2.86 bits per heavy atom. The molecular weight excluding hydrogens is 386 g/mol. The van der Waals surface area contributed by atoms with E-state index in [0.717, 1.165) is 45.7 Å². The molecule has 29 heavy (non-hydrogen) atoms. The minimum atomic E-state index is 0.124. The highest BCUT2D eigenvalue weighted by Gasteiger charge is 2.37. The van der Waals surface area contributed by atoms with Crippen molar-refractivity contribution in [1.29, 1.82) is 0 Å². The molecule has 2 aliphatic heterocycles. The molecule has 0 spiro atoms. The van der Waals surface area contributed by atoms with E-state index in [0.29, 0.717) is 6.54 Å². The van der Waals surface area contributed by atoms with Crippen molar-refractivity contribution in [3.05, 3.63) is 59.2 Å². The summed E-state index contributed by atoms with van der Waals surface area (Å²) in [7, 11) is 0. The summed E-state index contributed by atoms with van der Waals surface area (Å²) in [4.78, 5) is 19.4. The fraction of sp³-hybridized carbons (Fsp3) is 0.250. The molecule has 3 heterocycles. The summed E-state index contributed by atoms with van der Waals surface area (Å²) < 4.78 is 0. The van der Waals surface area contributed by atoms with Gasteiger partial charge in [-0.3, -0.25) is 20.3 Å². The van der Waals surface area contributed by atoms with Gasteiger partial charge in [0.05, 0.1) is 12.4 Å². The van der Waals surface area contributed by atoms with Gasteiger partial charge in [0.1, 0.15) is 6.54 Å². The zero-order valence-electron chi connectivity index (χ0n) is 15.9. The molecule has 1 aromatic carbocycles.